The number of cyclic esters (lactones) is 1. The number of rotatable bonds is 7. The SMILES string of the molecule is CCC(Sc1cc(-n2c(=O)cc(C(F)(F)F)n(C)c2=O)c(F)cc1Cl)C(=O)OCC1CCC(=O)O1. The molecule has 0 radical (unpaired) electrons. The zero-order chi connectivity index (χ0) is 26.1. The number of esters is 2. The maximum atomic E-state index is 14.7. The third-order valence-corrected chi connectivity index (χ3v) is 6.96. The van der Waals surface area contributed by atoms with Crippen molar-refractivity contribution in [3.8, 4) is 5.69 Å². The van der Waals surface area contributed by atoms with Crippen molar-refractivity contribution in [3.05, 3.63) is 55.6 Å². The highest BCUT2D eigenvalue weighted by atomic mass is 35.5. The molecule has 0 N–H and O–H groups in total. The molecule has 8 nitrogen and oxygen atoms in total. The number of halogens is 5. The van der Waals surface area contributed by atoms with Gasteiger partial charge >= 0.3 is 23.8 Å². The van der Waals surface area contributed by atoms with Crippen LogP contribution in [-0.4, -0.2) is 39.0 Å². The van der Waals surface area contributed by atoms with Crippen LogP contribution >= 0.6 is 23.4 Å². The van der Waals surface area contributed by atoms with Crippen molar-refractivity contribution in [1.29, 1.82) is 0 Å². The van der Waals surface area contributed by atoms with Gasteiger partial charge in [0.1, 0.15) is 29.5 Å². The summed E-state index contributed by atoms with van der Waals surface area (Å²) < 4.78 is 64.6. The summed E-state index contributed by atoms with van der Waals surface area (Å²) in [7, 11) is 0.801. The molecule has 1 aromatic heterocycles. The van der Waals surface area contributed by atoms with Gasteiger partial charge < -0.3 is 9.47 Å². The molecule has 2 heterocycles. The molecule has 190 valence electrons. The zero-order valence-electron chi connectivity index (χ0n) is 18.4. The average molecular weight is 539 g/mol. The summed E-state index contributed by atoms with van der Waals surface area (Å²) in [5.41, 5.74) is -4.93. The smallest absolute Gasteiger partial charge is 0.431 e. The van der Waals surface area contributed by atoms with E-state index >= 15 is 0 Å². The Morgan fingerprint density at radius 3 is 2.54 bits per heavy atom. The summed E-state index contributed by atoms with van der Waals surface area (Å²) in [5, 5.41) is -0.987. The van der Waals surface area contributed by atoms with Crippen LogP contribution < -0.4 is 11.2 Å². The number of carbonyl (C=O) groups is 2. The summed E-state index contributed by atoms with van der Waals surface area (Å²) in [6.07, 6.45) is -4.63. The molecule has 3 rings (SSSR count). The molecule has 0 amide bonds. The Bertz CT molecular complexity index is 1280. The number of aromatic nitrogens is 2. The second kappa shape index (κ2) is 10.4. The minimum absolute atomic E-state index is 0.0908. The minimum atomic E-state index is -4.97. The van der Waals surface area contributed by atoms with Crippen molar-refractivity contribution >= 4 is 35.3 Å². The van der Waals surface area contributed by atoms with Crippen molar-refractivity contribution < 1.29 is 36.6 Å². The predicted molar refractivity (Wildman–Crippen MR) is 117 cm³/mol. The van der Waals surface area contributed by atoms with E-state index in [-0.39, 0.29) is 50.5 Å². The van der Waals surface area contributed by atoms with Gasteiger partial charge in [-0.3, -0.25) is 19.0 Å². The van der Waals surface area contributed by atoms with Crippen LogP contribution in [0.2, 0.25) is 5.02 Å². The van der Waals surface area contributed by atoms with Gasteiger partial charge in [0.15, 0.2) is 0 Å². The molecule has 0 bridgehead atoms. The van der Waals surface area contributed by atoms with Gasteiger partial charge in [0, 0.05) is 24.4 Å². The summed E-state index contributed by atoms with van der Waals surface area (Å²) >= 11 is 6.96. The highest BCUT2D eigenvalue weighted by Gasteiger charge is 2.35. The maximum absolute atomic E-state index is 14.7. The van der Waals surface area contributed by atoms with E-state index in [0.29, 0.717) is 6.42 Å². The molecule has 2 unspecified atom stereocenters. The van der Waals surface area contributed by atoms with Gasteiger partial charge in [0.05, 0.1) is 10.7 Å². The Labute approximate surface area is 204 Å². The molecule has 0 saturated carbocycles. The van der Waals surface area contributed by atoms with Crippen LogP contribution in [0, 0.1) is 5.82 Å². The molecule has 0 spiro atoms. The number of carbonyl (C=O) groups excluding carboxylic acids is 2. The van der Waals surface area contributed by atoms with Crippen molar-refractivity contribution in [1.82, 2.24) is 9.13 Å². The summed E-state index contributed by atoms with van der Waals surface area (Å²) in [4.78, 5) is 48.7. The van der Waals surface area contributed by atoms with E-state index in [1.807, 2.05) is 0 Å². The fourth-order valence-electron chi connectivity index (χ4n) is 3.32. The number of hydrogen-bond donors (Lipinski definition) is 0. The van der Waals surface area contributed by atoms with Crippen LogP contribution in [0.3, 0.4) is 0 Å². The van der Waals surface area contributed by atoms with E-state index in [0.717, 1.165) is 30.9 Å². The molecular formula is C21H19ClF4N2O6S. The van der Waals surface area contributed by atoms with Gasteiger partial charge in [0.25, 0.3) is 5.56 Å². The van der Waals surface area contributed by atoms with Gasteiger partial charge in [-0.2, -0.15) is 13.2 Å². The molecule has 35 heavy (non-hydrogen) atoms. The minimum Gasteiger partial charge on any atom is -0.461 e. The lowest BCUT2D eigenvalue weighted by molar-refractivity contribution is -0.152. The Morgan fingerprint density at radius 1 is 1.29 bits per heavy atom. The van der Waals surface area contributed by atoms with Crippen LogP contribution in [0.1, 0.15) is 31.9 Å². The van der Waals surface area contributed by atoms with E-state index in [4.69, 9.17) is 21.1 Å². The van der Waals surface area contributed by atoms with Gasteiger partial charge in [-0.25, -0.2) is 13.8 Å². The number of benzene rings is 1. The third kappa shape index (κ3) is 5.89. The van der Waals surface area contributed by atoms with Crippen molar-refractivity contribution in [2.24, 2.45) is 7.05 Å². The molecule has 14 heteroatoms. The average Bonchev–Trinajstić information content (AvgIpc) is 3.19. The molecule has 0 aliphatic carbocycles. The molecule has 2 atom stereocenters. The molecule has 1 aliphatic heterocycles. The maximum Gasteiger partial charge on any atom is 0.431 e. The summed E-state index contributed by atoms with van der Waals surface area (Å²) in [6, 6.07) is 1.98. The Hall–Kier alpha value is -2.80. The molecule has 2 aromatic rings. The van der Waals surface area contributed by atoms with Crippen LogP contribution in [0.25, 0.3) is 5.69 Å². The first-order valence-electron chi connectivity index (χ1n) is 10.3. The van der Waals surface area contributed by atoms with E-state index < -0.39 is 51.9 Å². The fourth-order valence-corrected chi connectivity index (χ4v) is 4.59. The highest BCUT2D eigenvalue weighted by Crippen LogP contribution is 2.35. The first kappa shape index (κ1) is 26.8. The van der Waals surface area contributed by atoms with E-state index in [1.54, 1.807) is 6.92 Å². The second-order valence-corrected chi connectivity index (χ2v) is 9.22. The van der Waals surface area contributed by atoms with Crippen LogP contribution in [0.5, 0.6) is 0 Å². The predicted octanol–water partition coefficient (Wildman–Crippen LogP) is 3.47. The Balaban J connectivity index is 1.91. The van der Waals surface area contributed by atoms with Crippen molar-refractivity contribution in [2.45, 2.75) is 48.6 Å². The number of thioether (sulfide) groups is 1. The van der Waals surface area contributed by atoms with E-state index in [2.05, 4.69) is 0 Å². The van der Waals surface area contributed by atoms with Gasteiger partial charge in [-0.15, -0.1) is 11.8 Å². The van der Waals surface area contributed by atoms with Crippen LogP contribution in [0.15, 0.2) is 32.7 Å². The number of alkyl halides is 3. The fraction of sp³-hybridized carbons (Fsp3) is 0.429. The monoisotopic (exact) mass is 538 g/mol. The molecule has 1 aromatic carbocycles. The zero-order valence-corrected chi connectivity index (χ0v) is 19.9. The lowest BCUT2D eigenvalue weighted by Gasteiger charge is -2.18. The number of hydrogen-bond acceptors (Lipinski definition) is 7. The Morgan fingerprint density at radius 2 is 1.97 bits per heavy atom. The van der Waals surface area contributed by atoms with Crippen molar-refractivity contribution in [2.75, 3.05) is 6.61 Å². The highest BCUT2D eigenvalue weighted by molar-refractivity contribution is 8.00. The molecule has 1 saturated heterocycles. The number of ether oxygens (including phenoxy) is 2. The van der Waals surface area contributed by atoms with Gasteiger partial charge in [-0.05, 0) is 25.0 Å². The van der Waals surface area contributed by atoms with Gasteiger partial charge in [-0.1, -0.05) is 18.5 Å². The quantitative estimate of drug-likeness (QED) is 0.302. The number of nitrogens with zero attached hydrogens (tertiary/aromatic N) is 2. The van der Waals surface area contributed by atoms with Gasteiger partial charge in [0.2, 0.25) is 0 Å². The first-order valence-corrected chi connectivity index (χ1v) is 11.5. The van der Waals surface area contributed by atoms with Crippen LogP contribution in [0.4, 0.5) is 17.6 Å². The summed E-state index contributed by atoms with van der Waals surface area (Å²) in [6.45, 7) is 1.53. The lowest BCUT2D eigenvalue weighted by Crippen LogP contribution is -2.41. The normalized spacial score (nSPS) is 16.8. The van der Waals surface area contributed by atoms with Crippen LogP contribution in [-0.2, 0) is 32.3 Å². The lowest BCUT2D eigenvalue weighted by atomic mass is 10.2. The first-order chi connectivity index (χ1) is 16.3. The molecule has 1 aliphatic rings. The third-order valence-electron chi connectivity index (χ3n) is 5.14. The topological polar surface area (TPSA) is 96.6 Å². The standard InChI is InChI=1S/C21H19ClF4N2O6S/c1-3-14(19(31)33-9-10-4-5-18(30)34-10)35-15-7-13(12(23)6-11(15)22)28-17(29)8-16(21(24,25)26)27(2)20(28)32/h6-8,10,14H,3-5,9H2,1-2H3. The molecular weight excluding hydrogens is 520 g/mol. The van der Waals surface area contributed by atoms with E-state index in [1.165, 1.54) is 0 Å². The summed E-state index contributed by atoms with van der Waals surface area (Å²) in [5.74, 6) is -2.18. The largest absolute Gasteiger partial charge is 0.461 e. The van der Waals surface area contributed by atoms with E-state index in [9.17, 15) is 36.7 Å². The van der Waals surface area contributed by atoms with Crippen molar-refractivity contribution in [3.63, 3.8) is 0 Å². The second-order valence-electron chi connectivity index (χ2n) is 7.57. The molecule has 1 fully saturated rings. The Kier molecular flexibility index (Phi) is 8.00.